The molecule has 0 bridgehead atoms. The summed E-state index contributed by atoms with van der Waals surface area (Å²) in [5, 5.41) is 0. The lowest BCUT2D eigenvalue weighted by Crippen LogP contribution is -2.37. The Balaban J connectivity index is 1.65. The molecular formula is C23H25N5O4S. The third-order valence-corrected chi connectivity index (χ3v) is 6.63. The van der Waals surface area contributed by atoms with E-state index in [1.54, 1.807) is 18.2 Å². The summed E-state index contributed by atoms with van der Waals surface area (Å²) in [6, 6.07) is 1.61. The lowest BCUT2D eigenvalue weighted by Gasteiger charge is -2.28. The van der Waals surface area contributed by atoms with Crippen molar-refractivity contribution in [2.45, 2.75) is 19.8 Å². The molecule has 0 unspecified atom stereocenters. The molecule has 0 aromatic carbocycles. The van der Waals surface area contributed by atoms with Gasteiger partial charge >= 0.3 is 0 Å². The first-order chi connectivity index (χ1) is 16.0. The summed E-state index contributed by atoms with van der Waals surface area (Å²) in [6.45, 7) is 4.60. The molecule has 33 heavy (non-hydrogen) atoms. The maximum absolute atomic E-state index is 12.8. The van der Waals surface area contributed by atoms with Crippen molar-refractivity contribution in [2.24, 2.45) is 0 Å². The Morgan fingerprint density at radius 1 is 1.15 bits per heavy atom. The number of rotatable bonds is 5. The van der Waals surface area contributed by atoms with E-state index in [1.165, 1.54) is 19.6 Å². The number of allylic oxidation sites excluding steroid dienone is 3. The molecule has 1 aliphatic carbocycles. The zero-order valence-electron chi connectivity index (χ0n) is 18.5. The third-order valence-electron chi connectivity index (χ3n) is 5.22. The van der Waals surface area contributed by atoms with Gasteiger partial charge in [-0.3, -0.25) is 4.72 Å². The minimum atomic E-state index is -3.76. The lowest BCUT2D eigenvalue weighted by molar-refractivity contribution is 0.122. The van der Waals surface area contributed by atoms with E-state index in [0.717, 1.165) is 36.6 Å². The number of anilines is 2. The van der Waals surface area contributed by atoms with Gasteiger partial charge in [0, 0.05) is 24.8 Å². The van der Waals surface area contributed by atoms with E-state index in [2.05, 4.69) is 36.4 Å². The van der Waals surface area contributed by atoms with Crippen LogP contribution >= 0.6 is 0 Å². The molecule has 10 heteroatoms. The van der Waals surface area contributed by atoms with Crippen LogP contribution in [0.2, 0.25) is 0 Å². The van der Waals surface area contributed by atoms with Crippen molar-refractivity contribution in [3.63, 3.8) is 0 Å². The van der Waals surface area contributed by atoms with E-state index in [4.69, 9.17) is 9.47 Å². The summed E-state index contributed by atoms with van der Waals surface area (Å²) in [7, 11) is -2.33. The van der Waals surface area contributed by atoms with E-state index >= 15 is 0 Å². The number of pyridine rings is 1. The average Bonchev–Trinajstić information content (AvgIpc) is 2.84. The van der Waals surface area contributed by atoms with E-state index in [0.29, 0.717) is 25.2 Å². The molecule has 0 spiro atoms. The van der Waals surface area contributed by atoms with Gasteiger partial charge in [0.2, 0.25) is 5.88 Å². The fraction of sp³-hybridized carbons (Fsp3) is 0.348. The summed E-state index contributed by atoms with van der Waals surface area (Å²) in [4.78, 5) is 15.3. The third kappa shape index (κ3) is 5.32. The zero-order chi connectivity index (χ0) is 23.3. The fourth-order valence-electron chi connectivity index (χ4n) is 3.51. The molecule has 2 aliphatic rings. The number of morpholine rings is 1. The van der Waals surface area contributed by atoms with Gasteiger partial charge in [-0.15, -0.1) is 0 Å². The van der Waals surface area contributed by atoms with Crippen molar-refractivity contribution in [1.82, 2.24) is 15.0 Å². The molecule has 0 radical (unpaired) electrons. The molecule has 4 rings (SSSR count). The molecule has 9 nitrogen and oxygen atoms in total. The van der Waals surface area contributed by atoms with Crippen LogP contribution in [0.1, 0.15) is 29.7 Å². The monoisotopic (exact) mass is 467 g/mol. The van der Waals surface area contributed by atoms with Gasteiger partial charge in [-0.1, -0.05) is 24.0 Å². The second kappa shape index (κ2) is 10.0. The van der Waals surface area contributed by atoms with Gasteiger partial charge in [-0.05, 0) is 31.9 Å². The van der Waals surface area contributed by atoms with Crippen molar-refractivity contribution in [1.29, 1.82) is 0 Å². The summed E-state index contributed by atoms with van der Waals surface area (Å²) in [6.07, 6.45) is 9.69. The van der Waals surface area contributed by atoms with Gasteiger partial charge in [0.15, 0.2) is 0 Å². The van der Waals surface area contributed by atoms with Crippen LogP contribution in [0.15, 0.2) is 41.7 Å². The minimum absolute atomic E-state index is 0.165. The summed E-state index contributed by atoms with van der Waals surface area (Å²) in [5.74, 6) is 7.14. The topological polar surface area (TPSA) is 107 Å². The van der Waals surface area contributed by atoms with Crippen molar-refractivity contribution in [2.75, 3.05) is 43.0 Å². The normalized spacial score (nSPS) is 15.9. The molecule has 1 saturated heterocycles. The van der Waals surface area contributed by atoms with Crippen molar-refractivity contribution < 1.29 is 17.9 Å². The van der Waals surface area contributed by atoms with Crippen LogP contribution in [-0.2, 0) is 14.8 Å². The van der Waals surface area contributed by atoms with Gasteiger partial charge in [0.25, 0.3) is 10.0 Å². The standard InChI is InChI=1S/C23H25N5O4S/c1-17-20(22(26-16-25-17)28-10-12-32-13-11-28)9-8-18-14-21(23(31-2)24-15-18)27-33(29,30)19-6-4-3-5-7-19/h4,6-7,14-16,27H,3,5,10-13H2,1-2H3. The Kier molecular flexibility index (Phi) is 6.91. The number of methoxy groups -OCH3 is 1. The first-order valence-electron chi connectivity index (χ1n) is 10.6. The van der Waals surface area contributed by atoms with Gasteiger partial charge in [0.1, 0.15) is 17.8 Å². The second-order valence-electron chi connectivity index (χ2n) is 7.48. The summed E-state index contributed by atoms with van der Waals surface area (Å²) in [5.41, 5.74) is 2.23. The lowest BCUT2D eigenvalue weighted by atomic mass is 10.2. The highest BCUT2D eigenvalue weighted by atomic mass is 32.2. The quantitative estimate of drug-likeness (QED) is 0.668. The van der Waals surface area contributed by atoms with Crippen LogP contribution in [0, 0.1) is 18.8 Å². The highest BCUT2D eigenvalue weighted by Gasteiger charge is 2.20. The maximum Gasteiger partial charge on any atom is 0.261 e. The van der Waals surface area contributed by atoms with Crippen LogP contribution in [0.4, 0.5) is 11.5 Å². The smallest absolute Gasteiger partial charge is 0.261 e. The highest BCUT2D eigenvalue weighted by molar-refractivity contribution is 7.96. The summed E-state index contributed by atoms with van der Waals surface area (Å²) >= 11 is 0. The molecular weight excluding hydrogens is 442 g/mol. The Morgan fingerprint density at radius 3 is 2.70 bits per heavy atom. The first kappa shape index (κ1) is 22.8. The van der Waals surface area contributed by atoms with Crippen molar-refractivity contribution in [3.05, 3.63) is 58.5 Å². The number of aryl methyl sites for hydroxylation is 1. The number of hydrogen-bond acceptors (Lipinski definition) is 8. The molecule has 2 aromatic rings. The van der Waals surface area contributed by atoms with Crippen LogP contribution < -0.4 is 14.4 Å². The van der Waals surface area contributed by atoms with Gasteiger partial charge in [-0.2, -0.15) is 0 Å². The highest BCUT2D eigenvalue weighted by Crippen LogP contribution is 2.27. The molecule has 1 aliphatic heterocycles. The maximum atomic E-state index is 12.8. The van der Waals surface area contributed by atoms with Crippen molar-refractivity contribution >= 4 is 21.5 Å². The predicted molar refractivity (Wildman–Crippen MR) is 126 cm³/mol. The average molecular weight is 468 g/mol. The number of ether oxygens (including phenoxy) is 2. The van der Waals surface area contributed by atoms with Gasteiger partial charge in [0.05, 0.1) is 36.5 Å². The van der Waals surface area contributed by atoms with Crippen LogP contribution in [0.25, 0.3) is 0 Å². The zero-order valence-corrected chi connectivity index (χ0v) is 19.4. The van der Waals surface area contributed by atoms with E-state index in [9.17, 15) is 8.42 Å². The van der Waals surface area contributed by atoms with Crippen LogP contribution in [0.5, 0.6) is 5.88 Å². The number of sulfonamides is 1. The Labute approximate surface area is 193 Å². The number of hydrogen-bond donors (Lipinski definition) is 1. The Bertz CT molecular complexity index is 1260. The molecule has 172 valence electrons. The van der Waals surface area contributed by atoms with Gasteiger partial charge < -0.3 is 14.4 Å². The minimum Gasteiger partial charge on any atom is -0.479 e. The molecule has 2 aromatic heterocycles. The van der Waals surface area contributed by atoms with Crippen LogP contribution in [-0.4, -0.2) is 56.8 Å². The second-order valence-corrected chi connectivity index (χ2v) is 9.16. The molecule has 0 amide bonds. The summed E-state index contributed by atoms with van der Waals surface area (Å²) < 4.78 is 38.8. The molecule has 0 saturated carbocycles. The SMILES string of the molecule is COc1ncc(C#Cc2c(C)ncnc2N2CCOCC2)cc1NS(=O)(=O)C1=CCCC=C1. The molecule has 1 fully saturated rings. The van der Waals surface area contributed by atoms with E-state index in [-0.39, 0.29) is 16.5 Å². The van der Waals surface area contributed by atoms with Crippen LogP contribution in [0.3, 0.4) is 0 Å². The van der Waals surface area contributed by atoms with Gasteiger partial charge in [-0.25, -0.2) is 23.4 Å². The van der Waals surface area contributed by atoms with E-state index < -0.39 is 10.0 Å². The predicted octanol–water partition coefficient (Wildman–Crippen LogP) is 2.40. The largest absolute Gasteiger partial charge is 0.479 e. The Hall–Kier alpha value is -3.42. The molecule has 1 N–H and O–H groups in total. The number of aromatic nitrogens is 3. The fourth-order valence-corrected chi connectivity index (χ4v) is 4.67. The first-order valence-corrected chi connectivity index (χ1v) is 12.1. The van der Waals surface area contributed by atoms with Crippen molar-refractivity contribution in [3.8, 4) is 17.7 Å². The molecule has 3 heterocycles. The number of nitrogens with zero attached hydrogens (tertiary/aromatic N) is 4. The Morgan fingerprint density at radius 2 is 1.97 bits per heavy atom. The number of nitrogens with one attached hydrogen (secondary N) is 1. The molecule has 0 atom stereocenters. The van der Waals surface area contributed by atoms with E-state index in [1.807, 2.05) is 13.0 Å².